The molecular formula is C16H16O12S. The minimum Gasteiger partial charge on any atom is -0.479 e. The molecule has 158 valence electrons. The number of benzene rings is 1. The van der Waals surface area contributed by atoms with Gasteiger partial charge in [-0.3, -0.25) is 4.55 Å². The van der Waals surface area contributed by atoms with Crippen LogP contribution in [0.25, 0.3) is 11.0 Å². The normalized spacial score (nSPS) is 27.7. The summed E-state index contributed by atoms with van der Waals surface area (Å²) in [4.78, 5) is 22.8. The Morgan fingerprint density at radius 2 is 1.86 bits per heavy atom. The lowest BCUT2D eigenvalue weighted by Gasteiger charge is -2.39. The lowest BCUT2D eigenvalue weighted by molar-refractivity contribution is -0.265. The lowest BCUT2D eigenvalue weighted by atomic mass is 9.99. The summed E-state index contributed by atoms with van der Waals surface area (Å²) in [6.45, 7) is 1.68. The molecule has 0 amide bonds. The van der Waals surface area contributed by atoms with Gasteiger partial charge in [0.05, 0.1) is 0 Å². The molecule has 12 nitrogen and oxygen atoms in total. The quantitative estimate of drug-likeness (QED) is 0.340. The van der Waals surface area contributed by atoms with E-state index in [0.717, 1.165) is 0 Å². The molecule has 2 aromatic rings. The standard InChI is InChI=1S/C16H16O12S/c1-6-4-10(17)26-9-5-7(2-3-8(6)9)25-16-14(28-29(22,23)24)12(19)11(18)13(27-16)15(20)21/h2-5,11-14,16,18-19H,1H3,(H,20,21)(H,22,23,24)/t11-,12-,13+,14+,16?/m0/s1. The van der Waals surface area contributed by atoms with E-state index < -0.39 is 52.7 Å². The molecule has 1 aromatic carbocycles. The highest BCUT2D eigenvalue weighted by Gasteiger charge is 2.51. The van der Waals surface area contributed by atoms with Crippen LogP contribution >= 0.6 is 0 Å². The number of hydrogen-bond acceptors (Lipinski definition) is 10. The molecule has 1 aromatic heterocycles. The van der Waals surface area contributed by atoms with E-state index in [4.69, 9.17) is 23.6 Å². The average Bonchev–Trinajstić information content (AvgIpc) is 2.59. The summed E-state index contributed by atoms with van der Waals surface area (Å²) in [6.07, 6.45) is -10.0. The summed E-state index contributed by atoms with van der Waals surface area (Å²) < 4.78 is 50.8. The summed E-state index contributed by atoms with van der Waals surface area (Å²) in [5, 5.41) is 29.6. The van der Waals surface area contributed by atoms with Crippen molar-refractivity contribution in [1.82, 2.24) is 0 Å². The second kappa shape index (κ2) is 7.70. The van der Waals surface area contributed by atoms with E-state index in [1.165, 1.54) is 24.3 Å². The maximum atomic E-state index is 11.5. The first-order chi connectivity index (χ1) is 13.5. The maximum Gasteiger partial charge on any atom is 0.397 e. The Hall–Kier alpha value is -2.55. The molecule has 0 aliphatic carbocycles. The Kier molecular flexibility index (Phi) is 5.62. The van der Waals surface area contributed by atoms with E-state index in [0.29, 0.717) is 10.9 Å². The second-order valence-electron chi connectivity index (χ2n) is 6.26. The molecule has 0 radical (unpaired) electrons. The number of aryl methyl sites for hydroxylation is 1. The van der Waals surface area contributed by atoms with Crippen molar-refractivity contribution in [1.29, 1.82) is 0 Å². The molecule has 5 atom stereocenters. The largest absolute Gasteiger partial charge is 0.479 e. The van der Waals surface area contributed by atoms with Crippen molar-refractivity contribution in [2.75, 3.05) is 0 Å². The minimum atomic E-state index is -5.13. The Morgan fingerprint density at radius 3 is 2.48 bits per heavy atom. The number of carboxylic acid groups (broad SMARTS) is 1. The first-order valence-corrected chi connectivity index (χ1v) is 9.44. The SMILES string of the molecule is Cc1cc(=O)oc2cc(OC3O[C@@H](C(=O)O)[C@@H](O)[C@H](O)[C@H]3OS(=O)(=O)O)ccc12. The van der Waals surface area contributed by atoms with Crippen LogP contribution in [0.2, 0.25) is 0 Å². The molecule has 1 aliphatic heterocycles. The van der Waals surface area contributed by atoms with Crippen molar-refractivity contribution in [2.45, 2.75) is 37.6 Å². The van der Waals surface area contributed by atoms with Crippen LogP contribution in [0.5, 0.6) is 5.75 Å². The molecule has 0 saturated carbocycles. The second-order valence-corrected chi connectivity index (χ2v) is 7.31. The van der Waals surface area contributed by atoms with Crippen molar-refractivity contribution in [3.05, 3.63) is 40.2 Å². The average molecular weight is 432 g/mol. The van der Waals surface area contributed by atoms with Crippen LogP contribution in [-0.4, -0.2) is 65.0 Å². The third kappa shape index (κ3) is 4.55. The van der Waals surface area contributed by atoms with Crippen molar-refractivity contribution < 1.29 is 51.2 Å². The van der Waals surface area contributed by atoms with Gasteiger partial charge >= 0.3 is 22.0 Å². The van der Waals surface area contributed by atoms with Gasteiger partial charge in [-0.2, -0.15) is 8.42 Å². The molecule has 1 aliphatic rings. The van der Waals surface area contributed by atoms with Crippen LogP contribution in [0.4, 0.5) is 0 Å². The van der Waals surface area contributed by atoms with Gasteiger partial charge in [0.15, 0.2) is 12.2 Å². The zero-order chi connectivity index (χ0) is 21.5. The maximum absolute atomic E-state index is 11.5. The van der Waals surface area contributed by atoms with Crippen LogP contribution in [0, 0.1) is 6.92 Å². The first kappa shape index (κ1) is 21.2. The Bertz CT molecular complexity index is 1090. The van der Waals surface area contributed by atoms with Crippen LogP contribution < -0.4 is 10.4 Å². The number of hydrogen-bond donors (Lipinski definition) is 4. The highest BCUT2D eigenvalue weighted by molar-refractivity contribution is 7.80. The number of aliphatic hydroxyl groups is 2. The Labute approximate surface area is 162 Å². The van der Waals surface area contributed by atoms with Gasteiger partial charge in [-0.15, -0.1) is 0 Å². The summed E-state index contributed by atoms with van der Waals surface area (Å²) in [7, 11) is -5.13. The van der Waals surface area contributed by atoms with Gasteiger partial charge in [-0.05, 0) is 24.6 Å². The van der Waals surface area contributed by atoms with Gasteiger partial charge in [0, 0.05) is 17.5 Å². The topological polar surface area (TPSA) is 190 Å². The molecule has 1 unspecified atom stereocenters. The number of ether oxygens (including phenoxy) is 2. The molecule has 1 fully saturated rings. The predicted molar refractivity (Wildman–Crippen MR) is 92.6 cm³/mol. The van der Waals surface area contributed by atoms with Gasteiger partial charge in [-0.25, -0.2) is 13.8 Å². The smallest absolute Gasteiger partial charge is 0.397 e. The number of fused-ring (bicyclic) bond motifs is 1. The van der Waals surface area contributed by atoms with Crippen LogP contribution in [-0.2, 0) is 24.1 Å². The third-order valence-corrected chi connectivity index (χ3v) is 4.66. The zero-order valence-corrected chi connectivity index (χ0v) is 15.5. The number of aliphatic carboxylic acids is 1. The van der Waals surface area contributed by atoms with Gasteiger partial charge in [0.2, 0.25) is 6.29 Å². The van der Waals surface area contributed by atoms with Crippen LogP contribution in [0.1, 0.15) is 5.56 Å². The minimum absolute atomic E-state index is 0.0621. The molecule has 1 saturated heterocycles. The predicted octanol–water partition coefficient (Wildman–Crippen LogP) is -0.800. The van der Waals surface area contributed by atoms with Crippen LogP contribution in [0.3, 0.4) is 0 Å². The van der Waals surface area contributed by atoms with Crippen molar-refractivity contribution in [3.8, 4) is 5.75 Å². The lowest BCUT2D eigenvalue weighted by Crippen LogP contribution is -2.62. The molecule has 3 rings (SSSR count). The molecule has 2 heterocycles. The van der Waals surface area contributed by atoms with E-state index in [1.54, 1.807) is 6.92 Å². The first-order valence-electron chi connectivity index (χ1n) is 8.07. The van der Waals surface area contributed by atoms with E-state index in [9.17, 15) is 28.2 Å². The molecular weight excluding hydrogens is 416 g/mol. The zero-order valence-electron chi connectivity index (χ0n) is 14.7. The van der Waals surface area contributed by atoms with Crippen LogP contribution in [0.15, 0.2) is 33.5 Å². The van der Waals surface area contributed by atoms with Gasteiger partial charge < -0.3 is 29.2 Å². The monoisotopic (exact) mass is 432 g/mol. The van der Waals surface area contributed by atoms with E-state index in [2.05, 4.69) is 4.18 Å². The van der Waals surface area contributed by atoms with E-state index in [-0.39, 0.29) is 11.3 Å². The summed E-state index contributed by atoms with van der Waals surface area (Å²) in [5.41, 5.74) is 0.109. The number of carboxylic acids is 1. The third-order valence-electron chi connectivity index (χ3n) is 4.20. The molecule has 29 heavy (non-hydrogen) atoms. The summed E-state index contributed by atoms with van der Waals surface area (Å²) in [5.74, 6) is -1.72. The van der Waals surface area contributed by atoms with Gasteiger partial charge in [0.1, 0.15) is 23.5 Å². The summed E-state index contributed by atoms with van der Waals surface area (Å²) >= 11 is 0. The molecule has 13 heteroatoms. The fourth-order valence-corrected chi connectivity index (χ4v) is 3.38. The number of carbonyl (C=O) groups is 1. The summed E-state index contributed by atoms with van der Waals surface area (Å²) in [6, 6.07) is 5.43. The molecule has 4 N–H and O–H groups in total. The number of aliphatic hydroxyl groups excluding tert-OH is 2. The van der Waals surface area contributed by atoms with Gasteiger partial charge in [0.25, 0.3) is 0 Å². The molecule has 0 spiro atoms. The van der Waals surface area contributed by atoms with E-state index in [1.807, 2.05) is 0 Å². The van der Waals surface area contributed by atoms with Crippen molar-refractivity contribution in [3.63, 3.8) is 0 Å². The van der Waals surface area contributed by atoms with Crippen molar-refractivity contribution in [2.24, 2.45) is 0 Å². The highest BCUT2D eigenvalue weighted by Crippen LogP contribution is 2.29. The highest BCUT2D eigenvalue weighted by atomic mass is 32.3. The molecule has 0 bridgehead atoms. The fraction of sp³-hybridized carbons (Fsp3) is 0.375. The van der Waals surface area contributed by atoms with Crippen molar-refractivity contribution >= 4 is 27.3 Å². The number of rotatable bonds is 5. The fourth-order valence-electron chi connectivity index (χ4n) is 2.89. The van der Waals surface area contributed by atoms with E-state index >= 15 is 0 Å². The van der Waals surface area contributed by atoms with Gasteiger partial charge in [-0.1, -0.05) is 0 Å². The Morgan fingerprint density at radius 1 is 1.17 bits per heavy atom. The Balaban J connectivity index is 1.97.